The minimum absolute atomic E-state index is 0.0139. The summed E-state index contributed by atoms with van der Waals surface area (Å²) in [5, 5.41) is 15.1. The third-order valence-electron chi connectivity index (χ3n) is 6.21. The number of benzene rings is 1. The van der Waals surface area contributed by atoms with Crippen LogP contribution in [0.3, 0.4) is 0 Å². The SMILES string of the molecule is CC1(C)[C@H]2CC[C@@]1(C)/C(=N/NC(=O)c1ccc(F)c([N+](=O)[O-])c1)C2. The maximum atomic E-state index is 13.4. The lowest BCUT2D eigenvalue weighted by Gasteiger charge is -2.34. The predicted molar refractivity (Wildman–Crippen MR) is 87.2 cm³/mol. The van der Waals surface area contributed by atoms with Gasteiger partial charge in [-0.1, -0.05) is 20.8 Å². The molecule has 2 atom stereocenters. The highest BCUT2D eigenvalue weighted by molar-refractivity contribution is 5.98. The van der Waals surface area contributed by atoms with E-state index >= 15 is 0 Å². The predicted octanol–water partition coefficient (Wildman–Crippen LogP) is 3.67. The van der Waals surface area contributed by atoms with Crippen molar-refractivity contribution in [1.82, 2.24) is 5.43 Å². The fourth-order valence-electron chi connectivity index (χ4n) is 4.07. The highest BCUT2D eigenvalue weighted by atomic mass is 19.1. The first-order valence-electron chi connectivity index (χ1n) is 7.98. The van der Waals surface area contributed by atoms with Crippen molar-refractivity contribution in [3.05, 3.63) is 39.7 Å². The molecule has 0 aliphatic heterocycles. The molecule has 0 radical (unpaired) electrons. The molecule has 128 valence electrons. The van der Waals surface area contributed by atoms with E-state index in [4.69, 9.17) is 0 Å². The van der Waals surface area contributed by atoms with E-state index < -0.39 is 22.3 Å². The van der Waals surface area contributed by atoms with Crippen molar-refractivity contribution in [2.45, 2.75) is 40.0 Å². The standard InChI is InChI=1S/C17H20FN3O3/c1-16(2)11-6-7-17(16,3)14(9-11)19-20-15(22)10-4-5-12(18)13(8-10)21(23)24/h4-5,8,11H,6-7,9H2,1-3H3,(H,20,22)/b19-14+/t11-,17-/m0/s1. The summed E-state index contributed by atoms with van der Waals surface area (Å²) in [7, 11) is 0. The number of nitrogens with one attached hydrogen (secondary N) is 1. The van der Waals surface area contributed by atoms with Gasteiger partial charge in [0.1, 0.15) is 0 Å². The minimum Gasteiger partial charge on any atom is -0.267 e. The van der Waals surface area contributed by atoms with Crippen LogP contribution >= 0.6 is 0 Å². The number of rotatable bonds is 3. The zero-order valence-electron chi connectivity index (χ0n) is 13.9. The Kier molecular flexibility index (Phi) is 3.69. The van der Waals surface area contributed by atoms with Crippen LogP contribution in [-0.2, 0) is 0 Å². The molecular weight excluding hydrogens is 313 g/mol. The molecule has 6 nitrogen and oxygen atoms in total. The molecule has 3 rings (SSSR count). The topological polar surface area (TPSA) is 84.6 Å². The molecule has 2 fully saturated rings. The fraction of sp³-hybridized carbons (Fsp3) is 0.529. The molecule has 1 amide bonds. The van der Waals surface area contributed by atoms with Gasteiger partial charge in [-0.2, -0.15) is 9.49 Å². The second-order valence-electron chi connectivity index (χ2n) is 7.42. The zero-order valence-corrected chi connectivity index (χ0v) is 13.9. The van der Waals surface area contributed by atoms with Crippen LogP contribution in [0.2, 0.25) is 0 Å². The van der Waals surface area contributed by atoms with Crippen LogP contribution in [0.15, 0.2) is 23.3 Å². The molecule has 0 aromatic heterocycles. The summed E-state index contributed by atoms with van der Waals surface area (Å²) >= 11 is 0. The molecule has 2 aliphatic rings. The summed E-state index contributed by atoms with van der Waals surface area (Å²) in [5.41, 5.74) is 2.84. The van der Waals surface area contributed by atoms with Crippen LogP contribution in [-0.4, -0.2) is 16.5 Å². The molecule has 2 saturated carbocycles. The number of halogens is 1. The number of hydrogen-bond donors (Lipinski definition) is 1. The highest BCUT2D eigenvalue weighted by Gasteiger charge is 2.60. The van der Waals surface area contributed by atoms with Crippen molar-refractivity contribution in [2.75, 3.05) is 0 Å². The van der Waals surface area contributed by atoms with E-state index in [0.29, 0.717) is 5.92 Å². The normalized spacial score (nSPS) is 29.0. The highest BCUT2D eigenvalue weighted by Crippen LogP contribution is 2.63. The maximum absolute atomic E-state index is 13.4. The second-order valence-corrected chi connectivity index (χ2v) is 7.42. The van der Waals surface area contributed by atoms with Crippen LogP contribution in [0.1, 0.15) is 50.4 Å². The molecular formula is C17H20FN3O3. The molecule has 0 heterocycles. The molecule has 0 spiro atoms. The Balaban J connectivity index is 1.80. The van der Waals surface area contributed by atoms with Crippen LogP contribution < -0.4 is 5.43 Å². The number of carbonyl (C=O) groups is 1. The van der Waals surface area contributed by atoms with E-state index in [9.17, 15) is 19.3 Å². The van der Waals surface area contributed by atoms with Gasteiger partial charge in [-0.25, -0.2) is 5.43 Å². The Morgan fingerprint density at radius 2 is 2.12 bits per heavy atom. The van der Waals surface area contributed by atoms with Gasteiger partial charge < -0.3 is 0 Å². The summed E-state index contributed by atoms with van der Waals surface area (Å²) < 4.78 is 13.4. The van der Waals surface area contributed by atoms with Gasteiger partial charge in [-0.05, 0) is 42.7 Å². The summed E-state index contributed by atoms with van der Waals surface area (Å²) in [6, 6.07) is 3.06. The second kappa shape index (κ2) is 5.36. The maximum Gasteiger partial charge on any atom is 0.305 e. The van der Waals surface area contributed by atoms with Gasteiger partial charge >= 0.3 is 5.69 Å². The first-order chi connectivity index (χ1) is 11.2. The molecule has 0 unspecified atom stereocenters. The largest absolute Gasteiger partial charge is 0.305 e. The van der Waals surface area contributed by atoms with E-state index in [0.717, 1.165) is 30.7 Å². The van der Waals surface area contributed by atoms with Gasteiger partial charge in [0, 0.05) is 22.8 Å². The molecule has 0 saturated heterocycles. The van der Waals surface area contributed by atoms with Crippen molar-refractivity contribution in [2.24, 2.45) is 21.8 Å². The Labute approximate surface area is 139 Å². The first kappa shape index (κ1) is 16.5. The molecule has 2 aliphatic carbocycles. The monoisotopic (exact) mass is 333 g/mol. The zero-order chi connectivity index (χ0) is 17.7. The van der Waals surface area contributed by atoms with E-state index in [2.05, 4.69) is 31.3 Å². The fourth-order valence-corrected chi connectivity index (χ4v) is 4.07. The number of nitro benzene ring substituents is 1. The van der Waals surface area contributed by atoms with Gasteiger partial charge in [-0.3, -0.25) is 14.9 Å². The van der Waals surface area contributed by atoms with Crippen LogP contribution in [0.4, 0.5) is 10.1 Å². The average Bonchev–Trinajstić information content (AvgIpc) is 2.85. The molecule has 1 N–H and O–H groups in total. The number of hydrogen-bond acceptors (Lipinski definition) is 4. The van der Waals surface area contributed by atoms with Gasteiger partial charge in [0.2, 0.25) is 5.82 Å². The third-order valence-corrected chi connectivity index (χ3v) is 6.21. The van der Waals surface area contributed by atoms with Crippen molar-refractivity contribution in [3.63, 3.8) is 0 Å². The van der Waals surface area contributed by atoms with Crippen LogP contribution in [0, 0.1) is 32.7 Å². The van der Waals surface area contributed by atoms with E-state index in [-0.39, 0.29) is 16.4 Å². The number of fused-ring (bicyclic) bond motifs is 2. The number of nitro groups is 1. The average molecular weight is 333 g/mol. The lowest BCUT2D eigenvalue weighted by molar-refractivity contribution is -0.387. The van der Waals surface area contributed by atoms with Gasteiger partial charge in [0.05, 0.1) is 4.92 Å². The molecule has 1 aromatic carbocycles. The Morgan fingerprint density at radius 3 is 2.67 bits per heavy atom. The van der Waals surface area contributed by atoms with Gasteiger partial charge in [-0.15, -0.1) is 0 Å². The summed E-state index contributed by atoms with van der Waals surface area (Å²) in [6.07, 6.45) is 3.06. The lowest BCUT2D eigenvalue weighted by atomic mass is 9.70. The molecule has 24 heavy (non-hydrogen) atoms. The Bertz CT molecular complexity index is 759. The molecule has 2 bridgehead atoms. The van der Waals surface area contributed by atoms with Crippen molar-refractivity contribution >= 4 is 17.3 Å². The molecule has 1 aromatic rings. The number of nitrogens with zero attached hydrogens (tertiary/aromatic N) is 2. The first-order valence-corrected chi connectivity index (χ1v) is 7.98. The lowest BCUT2D eigenvalue weighted by Crippen LogP contribution is -2.34. The smallest absolute Gasteiger partial charge is 0.267 e. The summed E-state index contributed by atoms with van der Waals surface area (Å²) in [6.45, 7) is 6.64. The van der Waals surface area contributed by atoms with Crippen molar-refractivity contribution < 1.29 is 14.1 Å². The van der Waals surface area contributed by atoms with Crippen molar-refractivity contribution in [3.8, 4) is 0 Å². The van der Waals surface area contributed by atoms with E-state index in [1.54, 1.807) is 0 Å². The van der Waals surface area contributed by atoms with E-state index in [1.165, 1.54) is 12.5 Å². The number of amides is 1. The Hall–Kier alpha value is -2.31. The summed E-state index contributed by atoms with van der Waals surface area (Å²) in [4.78, 5) is 22.1. The Morgan fingerprint density at radius 1 is 1.42 bits per heavy atom. The van der Waals surface area contributed by atoms with Crippen LogP contribution in [0.25, 0.3) is 0 Å². The minimum atomic E-state index is -0.967. The quantitative estimate of drug-likeness (QED) is 0.676. The van der Waals surface area contributed by atoms with Gasteiger partial charge in [0.15, 0.2) is 0 Å². The summed E-state index contributed by atoms with van der Waals surface area (Å²) in [5.74, 6) is -0.981. The van der Waals surface area contributed by atoms with Gasteiger partial charge in [0.25, 0.3) is 5.91 Å². The number of carbonyl (C=O) groups excluding carboxylic acids is 1. The van der Waals surface area contributed by atoms with E-state index in [1.807, 2.05) is 0 Å². The molecule has 7 heteroatoms. The van der Waals surface area contributed by atoms with Crippen LogP contribution in [0.5, 0.6) is 0 Å². The third kappa shape index (κ3) is 2.30. The van der Waals surface area contributed by atoms with Crippen molar-refractivity contribution in [1.29, 1.82) is 0 Å². The number of hydrazone groups is 1.